The fourth-order valence-electron chi connectivity index (χ4n) is 2.58. The third-order valence-corrected chi connectivity index (χ3v) is 3.78. The van der Waals surface area contributed by atoms with Crippen LogP contribution in [0.5, 0.6) is 0 Å². The first-order valence-electron chi connectivity index (χ1n) is 7.13. The van der Waals surface area contributed by atoms with E-state index in [1.165, 1.54) is 12.8 Å². The topological polar surface area (TPSA) is 54.0 Å². The van der Waals surface area contributed by atoms with Crippen LogP contribution >= 0.6 is 0 Å². The summed E-state index contributed by atoms with van der Waals surface area (Å²) < 4.78 is 0. The number of hydrogen-bond donors (Lipinski definition) is 2. The SMILES string of the molecule is CC(NC(C)c1cccnc1)C(=O)NC1CCCC1. The van der Waals surface area contributed by atoms with Crippen molar-refractivity contribution < 1.29 is 4.79 Å². The molecule has 0 aliphatic heterocycles. The van der Waals surface area contributed by atoms with Gasteiger partial charge in [-0.25, -0.2) is 0 Å². The molecule has 1 aromatic rings. The van der Waals surface area contributed by atoms with Crippen LogP contribution in [0.25, 0.3) is 0 Å². The molecule has 2 atom stereocenters. The fourth-order valence-corrected chi connectivity index (χ4v) is 2.58. The highest BCUT2D eigenvalue weighted by Gasteiger charge is 2.21. The summed E-state index contributed by atoms with van der Waals surface area (Å²) in [7, 11) is 0. The second-order valence-corrected chi connectivity index (χ2v) is 5.39. The van der Waals surface area contributed by atoms with E-state index in [1.54, 1.807) is 6.20 Å². The Morgan fingerprint density at radius 2 is 2.11 bits per heavy atom. The largest absolute Gasteiger partial charge is 0.352 e. The molecule has 2 unspecified atom stereocenters. The van der Waals surface area contributed by atoms with Crippen molar-refractivity contribution in [2.45, 2.75) is 57.7 Å². The Labute approximate surface area is 115 Å². The minimum Gasteiger partial charge on any atom is -0.352 e. The van der Waals surface area contributed by atoms with Crippen LogP contribution in [0.15, 0.2) is 24.5 Å². The number of nitrogens with zero attached hydrogens (tertiary/aromatic N) is 1. The van der Waals surface area contributed by atoms with Gasteiger partial charge in [0, 0.05) is 24.5 Å². The highest BCUT2D eigenvalue weighted by Crippen LogP contribution is 2.18. The van der Waals surface area contributed by atoms with Gasteiger partial charge in [-0.2, -0.15) is 0 Å². The van der Waals surface area contributed by atoms with Gasteiger partial charge in [0.2, 0.25) is 5.91 Å². The lowest BCUT2D eigenvalue weighted by Gasteiger charge is -2.21. The van der Waals surface area contributed by atoms with Gasteiger partial charge in [0.1, 0.15) is 0 Å². The van der Waals surface area contributed by atoms with Gasteiger partial charge in [0.25, 0.3) is 0 Å². The summed E-state index contributed by atoms with van der Waals surface area (Å²) in [5, 5.41) is 6.44. The van der Waals surface area contributed by atoms with E-state index in [4.69, 9.17) is 0 Å². The van der Waals surface area contributed by atoms with E-state index in [9.17, 15) is 4.79 Å². The highest BCUT2D eigenvalue weighted by atomic mass is 16.2. The summed E-state index contributed by atoms with van der Waals surface area (Å²) in [6, 6.07) is 4.25. The Morgan fingerprint density at radius 1 is 1.37 bits per heavy atom. The molecular weight excluding hydrogens is 238 g/mol. The predicted molar refractivity (Wildman–Crippen MR) is 75.6 cm³/mol. The van der Waals surface area contributed by atoms with Crippen molar-refractivity contribution in [2.75, 3.05) is 0 Å². The molecule has 0 spiro atoms. The quantitative estimate of drug-likeness (QED) is 0.854. The summed E-state index contributed by atoms with van der Waals surface area (Å²) in [5.41, 5.74) is 1.10. The average Bonchev–Trinajstić information content (AvgIpc) is 2.92. The first-order chi connectivity index (χ1) is 9.16. The normalized spacial score (nSPS) is 19.1. The van der Waals surface area contributed by atoms with E-state index < -0.39 is 0 Å². The van der Waals surface area contributed by atoms with E-state index in [0.29, 0.717) is 6.04 Å². The molecule has 0 bridgehead atoms. The first-order valence-corrected chi connectivity index (χ1v) is 7.13. The van der Waals surface area contributed by atoms with Crippen LogP contribution in [0, 0.1) is 0 Å². The predicted octanol–water partition coefficient (Wildman–Crippen LogP) is 2.18. The maximum absolute atomic E-state index is 12.1. The van der Waals surface area contributed by atoms with Gasteiger partial charge < -0.3 is 5.32 Å². The number of carbonyl (C=O) groups excluding carboxylic acids is 1. The Kier molecular flexibility index (Phi) is 4.91. The van der Waals surface area contributed by atoms with Crippen LogP contribution in [0.4, 0.5) is 0 Å². The Balaban J connectivity index is 1.82. The van der Waals surface area contributed by atoms with Crippen molar-refractivity contribution in [1.82, 2.24) is 15.6 Å². The number of nitrogens with one attached hydrogen (secondary N) is 2. The Hall–Kier alpha value is -1.42. The lowest BCUT2D eigenvalue weighted by molar-refractivity contribution is -0.123. The molecule has 4 heteroatoms. The summed E-state index contributed by atoms with van der Waals surface area (Å²) >= 11 is 0. The molecule has 1 saturated carbocycles. The molecule has 2 rings (SSSR count). The van der Waals surface area contributed by atoms with Crippen molar-refractivity contribution in [3.63, 3.8) is 0 Å². The lowest BCUT2D eigenvalue weighted by atomic mass is 10.1. The summed E-state index contributed by atoms with van der Waals surface area (Å²) in [6.45, 7) is 3.97. The molecule has 0 radical (unpaired) electrons. The molecule has 1 amide bonds. The van der Waals surface area contributed by atoms with Gasteiger partial charge in [-0.3, -0.25) is 15.1 Å². The monoisotopic (exact) mass is 261 g/mol. The third kappa shape index (κ3) is 4.03. The summed E-state index contributed by atoms with van der Waals surface area (Å²) in [6.07, 6.45) is 8.30. The number of aromatic nitrogens is 1. The molecule has 0 saturated heterocycles. The highest BCUT2D eigenvalue weighted by molar-refractivity contribution is 5.81. The van der Waals surface area contributed by atoms with Crippen LogP contribution in [0.2, 0.25) is 0 Å². The Morgan fingerprint density at radius 3 is 2.74 bits per heavy atom. The second kappa shape index (κ2) is 6.66. The number of carbonyl (C=O) groups is 1. The standard InChI is InChI=1S/C15H23N3O/c1-11(13-6-5-9-16-10-13)17-12(2)15(19)18-14-7-3-4-8-14/h5-6,9-12,14,17H,3-4,7-8H2,1-2H3,(H,18,19). The Bertz CT molecular complexity index is 401. The van der Waals surface area contributed by atoms with E-state index in [2.05, 4.69) is 22.5 Å². The average molecular weight is 261 g/mol. The van der Waals surface area contributed by atoms with Gasteiger partial charge in [-0.1, -0.05) is 18.9 Å². The molecular formula is C15H23N3O. The zero-order chi connectivity index (χ0) is 13.7. The summed E-state index contributed by atoms with van der Waals surface area (Å²) in [5.74, 6) is 0.0997. The van der Waals surface area contributed by atoms with Crippen LogP contribution < -0.4 is 10.6 Å². The number of hydrogen-bond acceptors (Lipinski definition) is 3. The van der Waals surface area contributed by atoms with Crippen molar-refractivity contribution in [3.05, 3.63) is 30.1 Å². The van der Waals surface area contributed by atoms with Gasteiger partial charge in [-0.15, -0.1) is 0 Å². The maximum Gasteiger partial charge on any atom is 0.237 e. The first kappa shape index (κ1) is 14.0. The van der Waals surface area contributed by atoms with E-state index in [1.807, 2.05) is 25.3 Å². The molecule has 1 heterocycles. The number of rotatable bonds is 5. The van der Waals surface area contributed by atoms with E-state index in [-0.39, 0.29) is 18.0 Å². The van der Waals surface area contributed by atoms with Gasteiger partial charge in [0.05, 0.1) is 6.04 Å². The van der Waals surface area contributed by atoms with Crippen LogP contribution in [0.3, 0.4) is 0 Å². The third-order valence-electron chi connectivity index (χ3n) is 3.78. The molecule has 1 aliphatic rings. The minimum absolute atomic E-state index is 0.0997. The van der Waals surface area contributed by atoms with E-state index in [0.717, 1.165) is 18.4 Å². The second-order valence-electron chi connectivity index (χ2n) is 5.39. The fraction of sp³-hybridized carbons (Fsp3) is 0.600. The molecule has 4 nitrogen and oxygen atoms in total. The molecule has 0 aromatic carbocycles. The van der Waals surface area contributed by atoms with E-state index >= 15 is 0 Å². The molecule has 1 fully saturated rings. The summed E-state index contributed by atoms with van der Waals surface area (Å²) in [4.78, 5) is 16.2. The molecule has 2 N–H and O–H groups in total. The minimum atomic E-state index is -0.184. The maximum atomic E-state index is 12.1. The molecule has 19 heavy (non-hydrogen) atoms. The van der Waals surface area contributed by atoms with Gasteiger partial charge in [-0.05, 0) is 38.3 Å². The van der Waals surface area contributed by atoms with Crippen LogP contribution in [-0.2, 0) is 4.79 Å². The van der Waals surface area contributed by atoms with Crippen molar-refractivity contribution in [3.8, 4) is 0 Å². The lowest BCUT2D eigenvalue weighted by Crippen LogP contribution is -2.46. The molecule has 1 aromatic heterocycles. The van der Waals surface area contributed by atoms with Crippen LogP contribution in [0.1, 0.15) is 51.1 Å². The van der Waals surface area contributed by atoms with Crippen molar-refractivity contribution in [2.24, 2.45) is 0 Å². The number of pyridine rings is 1. The zero-order valence-electron chi connectivity index (χ0n) is 11.7. The van der Waals surface area contributed by atoms with Gasteiger partial charge in [0.15, 0.2) is 0 Å². The van der Waals surface area contributed by atoms with Crippen LogP contribution in [-0.4, -0.2) is 23.0 Å². The molecule has 104 valence electrons. The van der Waals surface area contributed by atoms with Gasteiger partial charge >= 0.3 is 0 Å². The smallest absolute Gasteiger partial charge is 0.237 e. The zero-order valence-corrected chi connectivity index (χ0v) is 11.7. The van der Waals surface area contributed by atoms with Crippen molar-refractivity contribution >= 4 is 5.91 Å². The number of amides is 1. The molecule has 1 aliphatic carbocycles. The van der Waals surface area contributed by atoms with Crippen molar-refractivity contribution in [1.29, 1.82) is 0 Å².